The van der Waals surface area contributed by atoms with Crippen molar-refractivity contribution in [3.05, 3.63) is 58.4 Å². The number of nitrogens with zero attached hydrogens (tertiary/aromatic N) is 5. The van der Waals surface area contributed by atoms with E-state index < -0.39 is 16.8 Å². The van der Waals surface area contributed by atoms with Gasteiger partial charge in [0.1, 0.15) is 6.54 Å². The normalized spacial score (nSPS) is 11.1. The number of hydrogen-bond donors (Lipinski definition) is 1. The number of hydrogen-bond acceptors (Lipinski definition) is 6. The van der Waals surface area contributed by atoms with Gasteiger partial charge in [-0.15, -0.1) is 0 Å². The minimum absolute atomic E-state index is 0.208. The summed E-state index contributed by atoms with van der Waals surface area (Å²) in [5.74, 6) is -1.02. The molecule has 2 rings (SSSR count). The minimum Gasteiger partial charge on any atom is -0.390 e. The summed E-state index contributed by atoms with van der Waals surface area (Å²) in [5, 5.41) is 17.6. The van der Waals surface area contributed by atoms with Gasteiger partial charge in [-0.25, -0.2) is 5.43 Å². The van der Waals surface area contributed by atoms with E-state index in [-0.39, 0.29) is 6.54 Å². The molecule has 9 nitrogen and oxygen atoms in total. The summed E-state index contributed by atoms with van der Waals surface area (Å²) in [6.07, 6.45) is 6.04. The summed E-state index contributed by atoms with van der Waals surface area (Å²) in [5.41, 5.74) is 3.29. The Morgan fingerprint density at radius 1 is 1.41 bits per heavy atom. The minimum atomic E-state index is -0.735. The lowest BCUT2D eigenvalue weighted by Gasteiger charge is -1.95. The van der Waals surface area contributed by atoms with Crippen LogP contribution in [0.1, 0.15) is 5.56 Å². The van der Waals surface area contributed by atoms with Crippen molar-refractivity contribution in [3.8, 4) is 0 Å². The molecule has 0 bridgehead atoms. The molecule has 0 atom stereocenters. The fourth-order valence-electron chi connectivity index (χ4n) is 1.50. The molecule has 112 valence electrons. The standard InChI is InChI=1S/C13H12N6O3/c20-12(9-18-10-14-13(17-18)19(21)22)16-15-8-4-7-11-5-2-1-3-6-11/h1-8,10H,9H2,(H,16,20)/b7-4+,15-8-. The Kier molecular flexibility index (Phi) is 5.08. The number of hydrazone groups is 1. The average Bonchev–Trinajstić information content (AvgIpc) is 2.96. The van der Waals surface area contributed by atoms with E-state index >= 15 is 0 Å². The molecule has 1 amide bonds. The SMILES string of the molecule is O=C(Cn1cnc([N+](=O)[O-])n1)N/N=C\C=C\c1ccccc1. The molecule has 9 heteroatoms. The molecular formula is C13H12N6O3. The first kappa shape index (κ1) is 15.0. The summed E-state index contributed by atoms with van der Waals surface area (Å²) >= 11 is 0. The third-order valence-electron chi connectivity index (χ3n) is 2.43. The molecule has 1 aromatic heterocycles. The Bertz CT molecular complexity index is 708. The van der Waals surface area contributed by atoms with Crippen molar-refractivity contribution in [3.63, 3.8) is 0 Å². The van der Waals surface area contributed by atoms with Crippen molar-refractivity contribution < 1.29 is 9.72 Å². The van der Waals surface area contributed by atoms with E-state index in [1.54, 1.807) is 6.08 Å². The van der Waals surface area contributed by atoms with E-state index in [9.17, 15) is 14.9 Å². The van der Waals surface area contributed by atoms with Crippen LogP contribution in [0.15, 0.2) is 47.8 Å². The van der Waals surface area contributed by atoms with Crippen LogP contribution in [0.4, 0.5) is 5.95 Å². The van der Waals surface area contributed by atoms with Crippen LogP contribution in [0.5, 0.6) is 0 Å². The van der Waals surface area contributed by atoms with E-state index in [0.717, 1.165) is 16.6 Å². The van der Waals surface area contributed by atoms with Crippen molar-refractivity contribution in [1.29, 1.82) is 0 Å². The number of allylic oxidation sites excluding steroid dienone is 1. The first-order valence-electron chi connectivity index (χ1n) is 6.22. The topological polar surface area (TPSA) is 115 Å². The Labute approximate surface area is 125 Å². The second-order valence-corrected chi connectivity index (χ2v) is 4.08. The maximum Gasteiger partial charge on any atom is 0.490 e. The van der Waals surface area contributed by atoms with Gasteiger partial charge >= 0.3 is 5.95 Å². The summed E-state index contributed by atoms with van der Waals surface area (Å²) in [7, 11) is 0. The lowest BCUT2D eigenvalue weighted by molar-refractivity contribution is -0.394. The van der Waals surface area contributed by atoms with Gasteiger partial charge in [0.2, 0.25) is 6.33 Å². The Hall–Kier alpha value is -3.36. The molecule has 1 heterocycles. The molecule has 1 N–H and O–H groups in total. The summed E-state index contributed by atoms with van der Waals surface area (Å²) < 4.78 is 1.06. The fourth-order valence-corrected chi connectivity index (χ4v) is 1.50. The second-order valence-electron chi connectivity index (χ2n) is 4.08. The molecule has 0 unspecified atom stereocenters. The van der Waals surface area contributed by atoms with Crippen LogP contribution in [-0.2, 0) is 11.3 Å². The van der Waals surface area contributed by atoms with Gasteiger partial charge in [-0.2, -0.15) is 9.78 Å². The first-order valence-corrected chi connectivity index (χ1v) is 6.22. The molecule has 0 spiro atoms. The summed E-state index contributed by atoms with van der Waals surface area (Å²) in [6, 6.07) is 9.60. The zero-order valence-electron chi connectivity index (χ0n) is 11.4. The smallest absolute Gasteiger partial charge is 0.390 e. The van der Waals surface area contributed by atoms with Crippen LogP contribution in [0.2, 0.25) is 0 Å². The molecule has 2 aromatic rings. The van der Waals surface area contributed by atoms with Gasteiger partial charge in [-0.05, 0) is 16.6 Å². The van der Waals surface area contributed by atoms with Gasteiger partial charge in [0.05, 0.1) is 0 Å². The van der Waals surface area contributed by atoms with Crippen molar-refractivity contribution in [2.24, 2.45) is 5.10 Å². The van der Waals surface area contributed by atoms with Crippen LogP contribution < -0.4 is 5.43 Å². The van der Waals surface area contributed by atoms with Crippen molar-refractivity contribution in [2.75, 3.05) is 0 Å². The van der Waals surface area contributed by atoms with Gasteiger partial charge in [0, 0.05) is 11.3 Å². The number of benzene rings is 1. The highest BCUT2D eigenvalue weighted by Crippen LogP contribution is 2.00. The predicted molar refractivity (Wildman–Crippen MR) is 78.8 cm³/mol. The van der Waals surface area contributed by atoms with E-state index in [1.807, 2.05) is 36.4 Å². The maximum absolute atomic E-state index is 11.5. The van der Waals surface area contributed by atoms with Crippen LogP contribution in [-0.4, -0.2) is 31.8 Å². The second kappa shape index (κ2) is 7.43. The van der Waals surface area contributed by atoms with Gasteiger partial charge in [-0.3, -0.25) is 4.79 Å². The largest absolute Gasteiger partial charge is 0.490 e. The predicted octanol–water partition coefficient (Wildman–Crippen LogP) is 1.00. The summed E-state index contributed by atoms with van der Waals surface area (Å²) in [4.78, 5) is 24.6. The molecule has 0 aliphatic heterocycles. The monoisotopic (exact) mass is 300 g/mol. The first-order chi connectivity index (χ1) is 10.6. The third kappa shape index (κ3) is 4.63. The molecule has 0 saturated heterocycles. The highest BCUT2D eigenvalue weighted by Gasteiger charge is 2.14. The number of nitro groups is 1. The molecule has 1 aromatic carbocycles. The highest BCUT2D eigenvalue weighted by molar-refractivity contribution is 5.81. The van der Waals surface area contributed by atoms with Gasteiger partial charge in [0.15, 0.2) is 0 Å². The molecular weight excluding hydrogens is 288 g/mol. The molecule has 0 aliphatic carbocycles. The molecule has 0 fully saturated rings. The number of nitrogens with one attached hydrogen (secondary N) is 1. The number of carbonyl (C=O) groups excluding carboxylic acids is 1. The number of amides is 1. The molecule has 0 radical (unpaired) electrons. The van der Waals surface area contributed by atoms with E-state index in [1.165, 1.54) is 6.21 Å². The molecule has 22 heavy (non-hydrogen) atoms. The van der Waals surface area contributed by atoms with E-state index in [0.29, 0.717) is 0 Å². The molecule has 0 aliphatic rings. The fraction of sp³-hybridized carbons (Fsp3) is 0.0769. The highest BCUT2D eigenvalue weighted by atomic mass is 16.6. The zero-order chi connectivity index (χ0) is 15.8. The Morgan fingerprint density at radius 2 is 2.18 bits per heavy atom. The Balaban J connectivity index is 1.78. The lowest BCUT2D eigenvalue weighted by atomic mass is 10.2. The van der Waals surface area contributed by atoms with Gasteiger partial charge in [0.25, 0.3) is 5.91 Å². The zero-order valence-corrected chi connectivity index (χ0v) is 11.4. The number of carbonyl (C=O) groups is 1. The summed E-state index contributed by atoms with van der Waals surface area (Å²) in [6.45, 7) is -0.208. The van der Waals surface area contributed by atoms with Gasteiger partial charge < -0.3 is 10.1 Å². The van der Waals surface area contributed by atoms with Gasteiger partial charge in [-0.1, -0.05) is 41.4 Å². The molecule has 0 saturated carbocycles. The van der Waals surface area contributed by atoms with Crippen molar-refractivity contribution >= 4 is 24.1 Å². The third-order valence-corrected chi connectivity index (χ3v) is 2.43. The van der Waals surface area contributed by atoms with Crippen molar-refractivity contribution in [2.45, 2.75) is 6.54 Å². The Morgan fingerprint density at radius 3 is 2.86 bits per heavy atom. The lowest BCUT2D eigenvalue weighted by Crippen LogP contribution is -2.23. The van der Waals surface area contributed by atoms with Crippen LogP contribution >= 0.6 is 0 Å². The number of rotatable bonds is 6. The van der Waals surface area contributed by atoms with E-state index in [4.69, 9.17) is 0 Å². The maximum atomic E-state index is 11.5. The average molecular weight is 300 g/mol. The van der Waals surface area contributed by atoms with Crippen LogP contribution in [0.25, 0.3) is 6.08 Å². The number of aromatic nitrogens is 3. The van der Waals surface area contributed by atoms with Crippen LogP contribution in [0, 0.1) is 10.1 Å². The van der Waals surface area contributed by atoms with Crippen LogP contribution in [0.3, 0.4) is 0 Å². The van der Waals surface area contributed by atoms with Crippen molar-refractivity contribution in [1.82, 2.24) is 20.2 Å². The quantitative estimate of drug-likeness (QED) is 0.485. The van der Waals surface area contributed by atoms with E-state index in [2.05, 4.69) is 20.6 Å².